The van der Waals surface area contributed by atoms with Crippen molar-refractivity contribution in [2.24, 2.45) is 0 Å². The van der Waals surface area contributed by atoms with Gasteiger partial charge in [0.05, 0.1) is 6.10 Å². The molecule has 1 fully saturated rings. The minimum Gasteiger partial charge on any atom is -0.393 e. The highest BCUT2D eigenvalue weighted by molar-refractivity contribution is 5.46. The SMILES string of the molecule is OC1CCN(CCN2CCc3cc(C#Cc4ccccc4)ccc3C2)CC1. The molecule has 2 aromatic carbocycles. The van der Waals surface area contributed by atoms with E-state index in [1.807, 2.05) is 30.3 Å². The van der Waals surface area contributed by atoms with E-state index in [4.69, 9.17) is 0 Å². The number of fused-ring (bicyclic) bond motifs is 1. The van der Waals surface area contributed by atoms with Crippen LogP contribution in [0.5, 0.6) is 0 Å². The predicted octanol–water partition coefficient (Wildman–Crippen LogP) is 2.90. The minimum absolute atomic E-state index is 0.0812. The third-order valence-corrected chi connectivity index (χ3v) is 5.71. The van der Waals surface area contributed by atoms with Gasteiger partial charge in [0, 0.05) is 50.4 Å². The van der Waals surface area contributed by atoms with Gasteiger partial charge in [-0.05, 0) is 54.7 Å². The Kier molecular flexibility index (Phi) is 5.89. The first-order valence-corrected chi connectivity index (χ1v) is 10.1. The standard InChI is InChI=1S/C24H28N2O/c27-24-11-14-25(15-12-24)16-17-26-13-10-22-18-21(8-9-23(22)19-26)7-6-20-4-2-1-3-5-20/h1-5,8-9,18,24,27H,10-17,19H2. The van der Waals surface area contributed by atoms with E-state index in [0.717, 1.165) is 69.7 Å². The van der Waals surface area contributed by atoms with E-state index in [-0.39, 0.29) is 6.10 Å². The van der Waals surface area contributed by atoms with Gasteiger partial charge in [-0.3, -0.25) is 4.90 Å². The molecule has 3 nitrogen and oxygen atoms in total. The van der Waals surface area contributed by atoms with Gasteiger partial charge in [0.25, 0.3) is 0 Å². The van der Waals surface area contributed by atoms with Crippen molar-refractivity contribution in [3.63, 3.8) is 0 Å². The molecule has 27 heavy (non-hydrogen) atoms. The number of hydrogen-bond donors (Lipinski definition) is 1. The van der Waals surface area contributed by atoms with E-state index in [1.54, 1.807) is 0 Å². The van der Waals surface area contributed by atoms with Gasteiger partial charge in [-0.15, -0.1) is 0 Å². The number of rotatable bonds is 3. The van der Waals surface area contributed by atoms with Gasteiger partial charge in [-0.1, -0.05) is 36.1 Å². The Balaban J connectivity index is 1.33. The first-order chi connectivity index (χ1) is 13.3. The molecule has 0 saturated carbocycles. The largest absolute Gasteiger partial charge is 0.393 e. The summed E-state index contributed by atoms with van der Waals surface area (Å²) in [6, 6.07) is 16.9. The number of aliphatic hydroxyl groups is 1. The maximum Gasteiger partial charge on any atom is 0.0564 e. The molecular formula is C24H28N2O. The second-order valence-electron chi connectivity index (χ2n) is 7.70. The van der Waals surface area contributed by atoms with Crippen molar-refractivity contribution >= 4 is 0 Å². The number of hydrogen-bond acceptors (Lipinski definition) is 3. The second-order valence-corrected chi connectivity index (χ2v) is 7.70. The molecule has 0 aromatic heterocycles. The zero-order chi connectivity index (χ0) is 18.5. The quantitative estimate of drug-likeness (QED) is 0.853. The Morgan fingerprint density at radius 2 is 1.56 bits per heavy atom. The van der Waals surface area contributed by atoms with Crippen LogP contribution in [0.4, 0.5) is 0 Å². The highest BCUT2D eigenvalue weighted by Crippen LogP contribution is 2.20. The number of aliphatic hydroxyl groups excluding tert-OH is 1. The summed E-state index contributed by atoms with van der Waals surface area (Å²) in [7, 11) is 0. The van der Waals surface area contributed by atoms with Crippen LogP contribution >= 0.6 is 0 Å². The average molecular weight is 361 g/mol. The summed E-state index contributed by atoms with van der Waals surface area (Å²) in [5, 5.41) is 9.63. The Labute approximate surface area is 162 Å². The summed E-state index contributed by atoms with van der Waals surface area (Å²) in [5.74, 6) is 6.56. The maximum atomic E-state index is 9.63. The Morgan fingerprint density at radius 1 is 0.815 bits per heavy atom. The van der Waals surface area contributed by atoms with E-state index in [9.17, 15) is 5.11 Å². The molecule has 0 radical (unpaired) electrons. The zero-order valence-electron chi connectivity index (χ0n) is 15.9. The normalized spacial score (nSPS) is 18.6. The second kappa shape index (κ2) is 8.71. The van der Waals surface area contributed by atoms with Crippen molar-refractivity contribution in [2.45, 2.75) is 31.9 Å². The van der Waals surface area contributed by atoms with Gasteiger partial charge in [0.2, 0.25) is 0 Å². The molecule has 0 atom stereocenters. The lowest BCUT2D eigenvalue weighted by atomic mass is 9.97. The lowest BCUT2D eigenvalue weighted by Gasteiger charge is -2.33. The van der Waals surface area contributed by atoms with Crippen LogP contribution in [0.1, 0.15) is 35.1 Å². The molecule has 2 aliphatic rings. The summed E-state index contributed by atoms with van der Waals surface area (Å²) in [5.41, 5.74) is 5.07. The molecule has 1 N–H and O–H groups in total. The fraction of sp³-hybridized carbons (Fsp3) is 0.417. The van der Waals surface area contributed by atoms with Crippen LogP contribution in [0.15, 0.2) is 48.5 Å². The number of nitrogens with zero attached hydrogens (tertiary/aromatic N) is 2. The van der Waals surface area contributed by atoms with Crippen molar-refractivity contribution in [1.29, 1.82) is 0 Å². The van der Waals surface area contributed by atoms with Gasteiger partial charge in [-0.2, -0.15) is 0 Å². The third kappa shape index (κ3) is 4.99. The third-order valence-electron chi connectivity index (χ3n) is 5.71. The Hall–Kier alpha value is -2.12. The predicted molar refractivity (Wildman–Crippen MR) is 110 cm³/mol. The van der Waals surface area contributed by atoms with Crippen LogP contribution in [0.2, 0.25) is 0 Å². The first kappa shape index (κ1) is 18.3. The maximum absolute atomic E-state index is 9.63. The van der Waals surface area contributed by atoms with Gasteiger partial charge in [-0.25, -0.2) is 0 Å². The molecule has 3 heteroatoms. The van der Waals surface area contributed by atoms with Gasteiger partial charge >= 0.3 is 0 Å². The van der Waals surface area contributed by atoms with Crippen molar-refractivity contribution in [1.82, 2.24) is 9.80 Å². The Bertz CT molecular complexity index is 813. The van der Waals surface area contributed by atoms with E-state index < -0.39 is 0 Å². The zero-order valence-corrected chi connectivity index (χ0v) is 15.9. The lowest BCUT2D eigenvalue weighted by molar-refractivity contribution is 0.0756. The van der Waals surface area contributed by atoms with E-state index in [1.165, 1.54) is 11.1 Å². The van der Waals surface area contributed by atoms with Crippen LogP contribution in [0.25, 0.3) is 0 Å². The molecule has 140 valence electrons. The molecule has 2 aromatic rings. The van der Waals surface area contributed by atoms with Crippen LogP contribution < -0.4 is 0 Å². The number of piperidine rings is 1. The molecule has 0 aliphatic carbocycles. The smallest absolute Gasteiger partial charge is 0.0564 e. The molecular weight excluding hydrogens is 332 g/mol. The van der Waals surface area contributed by atoms with Crippen molar-refractivity contribution < 1.29 is 5.11 Å². The summed E-state index contributed by atoms with van der Waals surface area (Å²) in [4.78, 5) is 5.05. The summed E-state index contributed by atoms with van der Waals surface area (Å²) in [6.45, 7) is 6.47. The monoisotopic (exact) mass is 360 g/mol. The van der Waals surface area contributed by atoms with E-state index in [2.05, 4.69) is 39.8 Å². The topological polar surface area (TPSA) is 26.7 Å². The molecule has 2 heterocycles. The molecule has 4 rings (SSSR count). The molecule has 0 unspecified atom stereocenters. The average Bonchev–Trinajstić information content (AvgIpc) is 2.72. The van der Waals surface area contributed by atoms with Crippen molar-refractivity contribution in [2.75, 3.05) is 32.7 Å². The fourth-order valence-electron chi connectivity index (χ4n) is 3.97. The van der Waals surface area contributed by atoms with Crippen LogP contribution in [-0.2, 0) is 13.0 Å². The first-order valence-electron chi connectivity index (χ1n) is 10.1. The number of likely N-dealkylation sites (tertiary alicyclic amines) is 1. The summed E-state index contributed by atoms with van der Waals surface area (Å²) >= 11 is 0. The summed E-state index contributed by atoms with van der Waals surface area (Å²) < 4.78 is 0. The summed E-state index contributed by atoms with van der Waals surface area (Å²) in [6.07, 6.45) is 2.88. The molecule has 0 bridgehead atoms. The van der Waals surface area contributed by atoms with Gasteiger partial charge in [0.15, 0.2) is 0 Å². The molecule has 2 aliphatic heterocycles. The van der Waals surface area contributed by atoms with Gasteiger partial charge < -0.3 is 10.0 Å². The van der Waals surface area contributed by atoms with Crippen LogP contribution in [-0.4, -0.2) is 53.7 Å². The Morgan fingerprint density at radius 3 is 2.37 bits per heavy atom. The number of benzene rings is 2. The fourth-order valence-corrected chi connectivity index (χ4v) is 3.97. The van der Waals surface area contributed by atoms with E-state index in [0.29, 0.717) is 0 Å². The van der Waals surface area contributed by atoms with Gasteiger partial charge in [0.1, 0.15) is 0 Å². The molecule has 0 spiro atoms. The van der Waals surface area contributed by atoms with Crippen LogP contribution in [0, 0.1) is 11.8 Å². The van der Waals surface area contributed by atoms with Crippen molar-refractivity contribution in [3.8, 4) is 11.8 Å². The highest BCUT2D eigenvalue weighted by atomic mass is 16.3. The minimum atomic E-state index is -0.0812. The van der Waals surface area contributed by atoms with Crippen molar-refractivity contribution in [3.05, 3.63) is 70.8 Å². The molecule has 0 amide bonds. The molecule has 1 saturated heterocycles. The lowest BCUT2D eigenvalue weighted by Crippen LogP contribution is -2.42. The van der Waals surface area contributed by atoms with E-state index >= 15 is 0 Å². The van der Waals surface area contributed by atoms with Crippen LogP contribution in [0.3, 0.4) is 0 Å². The highest BCUT2D eigenvalue weighted by Gasteiger charge is 2.20.